The van der Waals surface area contributed by atoms with E-state index in [0.29, 0.717) is 5.75 Å². The summed E-state index contributed by atoms with van der Waals surface area (Å²) >= 11 is 0. The van der Waals surface area contributed by atoms with Gasteiger partial charge in [-0.3, -0.25) is 4.79 Å². The molecule has 0 fully saturated rings. The maximum absolute atomic E-state index is 10.6. The van der Waals surface area contributed by atoms with Gasteiger partial charge in [-0.25, -0.2) is 0 Å². The second-order valence-electron chi connectivity index (χ2n) is 4.83. The lowest BCUT2D eigenvalue weighted by Gasteiger charge is -2.07. The van der Waals surface area contributed by atoms with Gasteiger partial charge in [0.2, 0.25) is 0 Å². The third-order valence-corrected chi connectivity index (χ3v) is 3.24. The predicted molar refractivity (Wildman–Crippen MR) is 81.8 cm³/mol. The van der Waals surface area contributed by atoms with Crippen LogP contribution in [0.4, 0.5) is 0 Å². The molecule has 0 bridgehead atoms. The lowest BCUT2D eigenvalue weighted by atomic mass is 10.1. The van der Waals surface area contributed by atoms with Crippen LogP contribution in [0.5, 0.6) is 11.5 Å². The molecule has 0 atom stereocenters. The van der Waals surface area contributed by atoms with E-state index in [1.807, 2.05) is 36.4 Å². The zero-order valence-corrected chi connectivity index (χ0v) is 11.3. The monoisotopic (exact) mass is 278 g/mol. The van der Waals surface area contributed by atoms with Gasteiger partial charge in [0.05, 0.1) is 6.42 Å². The molecule has 3 rings (SSSR count). The first-order chi connectivity index (χ1) is 10.2. The van der Waals surface area contributed by atoms with E-state index in [9.17, 15) is 4.79 Å². The molecule has 0 radical (unpaired) electrons. The number of ether oxygens (including phenoxy) is 1. The van der Waals surface area contributed by atoms with Crippen LogP contribution in [0.3, 0.4) is 0 Å². The summed E-state index contributed by atoms with van der Waals surface area (Å²) in [4.78, 5) is 10.6. The zero-order valence-electron chi connectivity index (χ0n) is 11.3. The van der Waals surface area contributed by atoms with E-state index in [-0.39, 0.29) is 6.42 Å². The highest BCUT2D eigenvalue weighted by molar-refractivity contribution is 5.83. The fraction of sp³-hybridized carbons (Fsp3) is 0.0556. The first-order valence-corrected chi connectivity index (χ1v) is 6.68. The topological polar surface area (TPSA) is 46.5 Å². The molecule has 3 aromatic rings. The molecule has 1 N–H and O–H groups in total. The molecular formula is C18H14O3. The summed E-state index contributed by atoms with van der Waals surface area (Å²) in [5.41, 5.74) is 0.758. The van der Waals surface area contributed by atoms with Gasteiger partial charge < -0.3 is 9.84 Å². The van der Waals surface area contributed by atoms with E-state index in [0.717, 1.165) is 16.7 Å². The van der Waals surface area contributed by atoms with E-state index >= 15 is 0 Å². The summed E-state index contributed by atoms with van der Waals surface area (Å²) in [6, 6.07) is 21.1. The van der Waals surface area contributed by atoms with Crippen molar-refractivity contribution in [3.63, 3.8) is 0 Å². The van der Waals surface area contributed by atoms with E-state index < -0.39 is 5.97 Å². The summed E-state index contributed by atoms with van der Waals surface area (Å²) in [5.74, 6) is 0.623. The van der Waals surface area contributed by atoms with Crippen molar-refractivity contribution in [1.29, 1.82) is 0 Å². The summed E-state index contributed by atoms with van der Waals surface area (Å²) in [5, 5.41) is 11.0. The molecule has 3 heteroatoms. The van der Waals surface area contributed by atoms with Crippen molar-refractivity contribution >= 4 is 16.7 Å². The molecule has 3 aromatic carbocycles. The molecule has 0 saturated carbocycles. The molecule has 104 valence electrons. The molecule has 3 nitrogen and oxygen atoms in total. The van der Waals surface area contributed by atoms with Crippen LogP contribution < -0.4 is 4.74 Å². The number of carboxylic acid groups (broad SMARTS) is 1. The molecule has 0 spiro atoms. The van der Waals surface area contributed by atoms with E-state index in [4.69, 9.17) is 9.84 Å². The fourth-order valence-electron chi connectivity index (χ4n) is 2.22. The van der Waals surface area contributed by atoms with E-state index in [1.54, 1.807) is 24.3 Å². The second-order valence-corrected chi connectivity index (χ2v) is 4.83. The molecular weight excluding hydrogens is 264 g/mol. The van der Waals surface area contributed by atoms with Gasteiger partial charge in [-0.15, -0.1) is 0 Å². The number of hydrogen-bond donors (Lipinski definition) is 1. The normalized spacial score (nSPS) is 10.5. The van der Waals surface area contributed by atoms with Crippen LogP contribution in [0.1, 0.15) is 5.56 Å². The number of carbonyl (C=O) groups is 1. The Hall–Kier alpha value is -2.81. The second kappa shape index (κ2) is 5.67. The zero-order chi connectivity index (χ0) is 14.7. The average molecular weight is 278 g/mol. The Morgan fingerprint density at radius 3 is 2.24 bits per heavy atom. The highest BCUT2D eigenvalue weighted by Gasteiger charge is 2.02. The standard InChI is InChI=1S/C18H14O3/c19-18(20)11-13-5-8-16(9-6-13)21-17-10-7-14-3-1-2-4-15(14)12-17/h1-10,12H,11H2,(H,19,20). The quantitative estimate of drug-likeness (QED) is 0.775. The predicted octanol–water partition coefficient (Wildman–Crippen LogP) is 4.26. The molecule has 21 heavy (non-hydrogen) atoms. The first-order valence-electron chi connectivity index (χ1n) is 6.68. The van der Waals surface area contributed by atoms with Gasteiger partial charge in [-0.05, 0) is 40.6 Å². The minimum atomic E-state index is -0.835. The number of fused-ring (bicyclic) bond motifs is 1. The van der Waals surface area contributed by atoms with Crippen molar-refractivity contribution in [1.82, 2.24) is 0 Å². The van der Waals surface area contributed by atoms with Gasteiger partial charge in [-0.2, -0.15) is 0 Å². The summed E-state index contributed by atoms with van der Waals surface area (Å²) in [7, 11) is 0. The Morgan fingerprint density at radius 2 is 1.52 bits per heavy atom. The molecule has 0 aliphatic rings. The van der Waals surface area contributed by atoms with Crippen molar-refractivity contribution in [2.24, 2.45) is 0 Å². The Labute approximate surface area is 122 Å². The van der Waals surface area contributed by atoms with E-state index in [2.05, 4.69) is 6.07 Å². The molecule has 0 aliphatic heterocycles. The maximum atomic E-state index is 10.6. The lowest BCUT2D eigenvalue weighted by Crippen LogP contribution is -1.99. The van der Waals surface area contributed by atoms with Crippen molar-refractivity contribution in [2.45, 2.75) is 6.42 Å². The number of hydrogen-bond acceptors (Lipinski definition) is 2. The van der Waals surface area contributed by atoms with Gasteiger partial charge in [0, 0.05) is 0 Å². The number of rotatable bonds is 4. The lowest BCUT2D eigenvalue weighted by molar-refractivity contribution is -0.136. The molecule has 0 amide bonds. The van der Waals surface area contributed by atoms with Crippen molar-refractivity contribution in [3.8, 4) is 11.5 Å². The first kappa shape index (κ1) is 13.2. The van der Waals surface area contributed by atoms with Gasteiger partial charge in [-0.1, -0.05) is 42.5 Å². The Kier molecular flexibility index (Phi) is 3.56. The third kappa shape index (κ3) is 3.20. The van der Waals surface area contributed by atoms with Gasteiger partial charge >= 0.3 is 5.97 Å². The van der Waals surface area contributed by atoms with Crippen LogP contribution in [0.25, 0.3) is 10.8 Å². The minimum absolute atomic E-state index is 0.0241. The van der Waals surface area contributed by atoms with Gasteiger partial charge in [0.1, 0.15) is 11.5 Å². The highest BCUT2D eigenvalue weighted by Crippen LogP contribution is 2.25. The Bertz CT molecular complexity index is 776. The smallest absolute Gasteiger partial charge is 0.307 e. The minimum Gasteiger partial charge on any atom is -0.481 e. The SMILES string of the molecule is O=C(O)Cc1ccc(Oc2ccc3ccccc3c2)cc1. The van der Waals surface area contributed by atoms with Crippen LogP contribution in [-0.2, 0) is 11.2 Å². The van der Waals surface area contributed by atoms with Crippen molar-refractivity contribution in [2.75, 3.05) is 0 Å². The van der Waals surface area contributed by atoms with Crippen LogP contribution in [0, 0.1) is 0 Å². The molecule has 0 aliphatic carbocycles. The Balaban J connectivity index is 1.79. The Morgan fingerprint density at radius 1 is 0.857 bits per heavy atom. The summed E-state index contributed by atoms with van der Waals surface area (Å²) < 4.78 is 5.80. The van der Waals surface area contributed by atoms with Crippen molar-refractivity contribution in [3.05, 3.63) is 72.3 Å². The van der Waals surface area contributed by atoms with E-state index in [1.165, 1.54) is 5.39 Å². The number of aliphatic carboxylic acids is 1. The number of carboxylic acids is 1. The third-order valence-electron chi connectivity index (χ3n) is 3.24. The molecule has 0 heterocycles. The largest absolute Gasteiger partial charge is 0.481 e. The van der Waals surface area contributed by atoms with Crippen LogP contribution in [0.2, 0.25) is 0 Å². The fourth-order valence-corrected chi connectivity index (χ4v) is 2.22. The highest BCUT2D eigenvalue weighted by atomic mass is 16.5. The number of benzene rings is 3. The van der Waals surface area contributed by atoms with Crippen LogP contribution >= 0.6 is 0 Å². The summed E-state index contributed by atoms with van der Waals surface area (Å²) in [6.07, 6.45) is 0.0241. The van der Waals surface area contributed by atoms with Gasteiger partial charge in [0.15, 0.2) is 0 Å². The maximum Gasteiger partial charge on any atom is 0.307 e. The van der Waals surface area contributed by atoms with Gasteiger partial charge in [0.25, 0.3) is 0 Å². The molecule has 0 saturated heterocycles. The summed E-state index contributed by atoms with van der Waals surface area (Å²) in [6.45, 7) is 0. The van der Waals surface area contributed by atoms with Crippen molar-refractivity contribution < 1.29 is 14.6 Å². The van der Waals surface area contributed by atoms with Crippen LogP contribution in [-0.4, -0.2) is 11.1 Å². The molecule has 0 aromatic heterocycles. The molecule has 0 unspecified atom stereocenters. The van der Waals surface area contributed by atoms with Crippen LogP contribution in [0.15, 0.2) is 66.7 Å². The average Bonchev–Trinajstić information content (AvgIpc) is 2.49.